The molecule has 2 unspecified atom stereocenters. The third-order valence-corrected chi connectivity index (χ3v) is 2.79. The number of hydrogen-bond donors (Lipinski definition) is 2. The highest BCUT2D eigenvalue weighted by atomic mass is 16.3. The van der Waals surface area contributed by atoms with Gasteiger partial charge in [-0.15, -0.1) is 0 Å². The first kappa shape index (κ1) is 11.5. The summed E-state index contributed by atoms with van der Waals surface area (Å²) >= 11 is 0. The second-order valence-electron chi connectivity index (χ2n) is 3.91. The molecule has 0 aromatic heterocycles. The molecule has 0 radical (unpaired) electrons. The Morgan fingerprint density at radius 3 is 2.93 bits per heavy atom. The van der Waals surface area contributed by atoms with Crippen molar-refractivity contribution in [1.29, 1.82) is 0 Å². The molecule has 0 aliphatic carbocycles. The van der Waals surface area contributed by atoms with E-state index in [9.17, 15) is 9.90 Å². The average Bonchev–Trinajstić information content (AvgIpc) is 2.62. The molecule has 0 saturated carbocycles. The summed E-state index contributed by atoms with van der Waals surface area (Å²) in [5, 5.41) is 12.4. The van der Waals surface area contributed by atoms with Gasteiger partial charge >= 0.3 is 0 Å². The fourth-order valence-electron chi connectivity index (χ4n) is 1.75. The molecule has 0 aromatic rings. The van der Waals surface area contributed by atoms with Crippen molar-refractivity contribution in [3.8, 4) is 0 Å². The van der Waals surface area contributed by atoms with Gasteiger partial charge in [-0.3, -0.25) is 4.79 Å². The molecule has 1 aliphatic rings. The molecule has 0 aromatic carbocycles. The lowest BCUT2D eigenvalue weighted by Gasteiger charge is -2.17. The third kappa shape index (κ3) is 2.96. The predicted molar refractivity (Wildman–Crippen MR) is 54.9 cm³/mol. The smallest absolute Gasteiger partial charge is 0.236 e. The Hall–Kier alpha value is -0.610. The van der Waals surface area contributed by atoms with Gasteiger partial charge < -0.3 is 15.3 Å². The Labute approximate surface area is 85.3 Å². The maximum Gasteiger partial charge on any atom is 0.236 e. The standard InChI is InChI=1S/C10H20N2O2/c1-3-11-6-10(14)12-5-4-9(7-12)8(2)13/h8-9,11,13H,3-7H2,1-2H3. The molecule has 2 N–H and O–H groups in total. The Morgan fingerprint density at radius 2 is 2.43 bits per heavy atom. The van der Waals surface area contributed by atoms with Crippen LogP contribution in [0.2, 0.25) is 0 Å². The summed E-state index contributed by atoms with van der Waals surface area (Å²) in [5.41, 5.74) is 0. The number of aliphatic hydroxyl groups is 1. The number of likely N-dealkylation sites (tertiary alicyclic amines) is 1. The zero-order valence-corrected chi connectivity index (χ0v) is 8.99. The number of rotatable bonds is 4. The van der Waals surface area contributed by atoms with Crippen LogP contribution in [0.25, 0.3) is 0 Å². The minimum Gasteiger partial charge on any atom is -0.393 e. The quantitative estimate of drug-likeness (QED) is 0.662. The van der Waals surface area contributed by atoms with E-state index >= 15 is 0 Å². The van der Waals surface area contributed by atoms with Crippen molar-refractivity contribution in [2.24, 2.45) is 5.92 Å². The van der Waals surface area contributed by atoms with Gasteiger partial charge in [0.25, 0.3) is 0 Å². The Balaban J connectivity index is 2.30. The van der Waals surface area contributed by atoms with Crippen LogP contribution in [-0.4, -0.2) is 48.2 Å². The van der Waals surface area contributed by atoms with Crippen molar-refractivity contribution in [3.63, 3.8) is 0 Å². The lowest BCUT2D eigenvalue weighted by molar-refractivity contribution is -0.129. The molecule has 1 heterocycles. The topological polar surface area (TPSA) is 52.6 Å². The number of nitrogens with one attached hydrogen (secondary N) is 1. The van der Waals surface area contributed by atoms with E-state index in [4.69, 9.17) is 0 Å². The molecular weight excluding hydrogens is 180 g/mol. The fourth-order valence-corrected chi connectivity index (χ4v) is 1.75. The summed E-state index contributed by atoms with van der Waals surface area (Å²) in [5.74, 6) is 0.413. The monoisotopic (exact) mass is 200 g/mol. The molecule has 1 saturated heterocycles. The summed E-state index contributed by atoms with van der Waals surface area (Å²) in [6.45, 7) is 6.52. The Bertz CT molecular complexity index is 195. The summed E-state index contributed by atoms with van der Waals surface area (Å²) in [7, 11) is 0. The summed E-state index contributed by atoms with van der Waals surface area (Å²) in [4.78, 5) is 13.4. The summed E-state index contributed by atoms with van der Waals surface area (Å²) < 4.78 is 0. The molecule has 4 heteroatoms. The molecule has 1 aliphatic heterocycles. The molecule has 1 amide bonds. The van der Waals surface area contributed by atoms with Gasteiger partial charge in [-0.1, -0.05) is 6.92 Å². The lowest BCUT2D eigenvalue weighted by atomic mass is 10.0. The van der Waals surface area contributed by atoms with Crippen molar-refractivity contribution >= 4 is 5.91 Å². The third-order valence-electron chi connectivity index (χ3n) is 2.79. The van der Waals surface area contributed by atoms with Crippen molar-refractivity contribution in [2.75, 3.05) is 26.2 Å². The largest absolute Gasteiger partial charge is 0.393 e. The van der Waals surface area contributed by atoms with Crippen LogP contribution in [0, 0.1) is 5.92 Å². The van der Waals surface area contributed by atoms with E-state index in [1.54, 1.807) is 6.92 Å². The maximum atomic E-state index is 11.6. The second kappa shape index (κ2) is 5.32. The van der Waals surface area contributed by atoms with Gasteiger partial charge in [0.2, 0.25) is 5.91 Å². The van der Waals surface area contributed by atoms with Crippen LogP contribution >= 0.6 is 0 Å². The molecule has 14 heavy (non-hydrogen) atoms. The van der Waals surface area contributed by atoms with Crippen molar-refractivity contribution in [3.05, 3.63) is 0 Å². The van der Waals surface area contributed by atoms with Crippen molar-refractivity contribution in [2.45, 2.75) is 26.4 Å². The molecule has 1 rings (SSSR count). The van der Waals surface area contributed by atoms with E-state index in [1.165, 1.54) is 0 Å². The van der Waals surface area contributed by atoms with Crippen LogP contribution in [0.3, 0.4) is 0 Å². The normalized spacial score (nSPS) is 23.9. The minimum atomic E-state index is -0.299. The molecule has 0 bridgehead atoms. The van der Waals surface area contributed by atoms with Gasteiger partial charge in [0.1, 0.15) is 0 Å². The summed E-state index contributed by atoms with van der Waals surface area (Å²) in [6, 6.07) is 0. The number of nitrogens with zero attached hydrogens (tertiary/aromatic N) is 1. The van der Waals surface area contributed by atoms with Crippen LogP contribution in [0.1, 0.15) is 20.3 Å². The first-order chi connectivity index (χ1) is 6.65. The van der Waals surface area contributed by atoms with Crippen LogP contribution < -0.4 is 5.32 Å². The van der Waals surface area contributed by atoms with Crippen LogP contribution in [-0.2, 0) is 4.79 Å². The number of carbonyl (C=O) groups excluding carboxylic acids is 1. The lowest BCUT2D eigenvalue weighted by Crippen LogP contribution is -2.37. The second-order valence-corrected chi connectivity index (χ2v) is 3.91. The highest BCUT2D eigenvalue weighted by molar-refractivity contribution is 5.78. The Kier molecular flexibility index (Phi) is 4.35. The zero-order chi connectivity index (χ0) is 10.6. The van der Waals surface area contributed by atoms with Crippen molar-refractivity contribution in [1.82, 2.24) is 10.2 Å². The molecular formula is C10H20N2O2. The molecule has 82 valence electrons. The van der Waals surface area contributed by atoms with Crippen molar-refractivity contribution < 1.29 is 9.90 Å². The highest BCUT2D eigenvalue weighted by Gasteiger charge is 2.28. The predicted octanol–water partition coefficient (Wildman–Crippen LogP) is -0.175. The first-order valence-electron chi connectivity index (χ1n) is 5.31. The van der Waals surface area contributed by atoms with Gasteiger partial charge in [-0.05, 0) is 19.9 Å². The van der Waals surface area contributed by atoms with Gasteiger partial charge in [0, 0.05) is 19.0 Å². The van der Waals surface area contributed by atoms with E-state index in [-0.39, 0.29) is 17.9 Å². The SMILES string of the molecule is CCNCC(=O)N1CCC(C(C)O)C1. The average molecular weight is 200 g/mol. The van der Waals surface area contributed by atoms with Crippen LogP contribution in [0.4, 0.5) is 0 Å². The van der Waals surface area contributed by atoms with E-state index in [2.05, 4.69) is 5.32 Å². The van der Waals surface area contributed by atoms with Crippen LogP contribution in [0.15, 0.2) is 0 Å². The van der Waals surface area contributed by atoms with Crippen LogP contribution in [0.5, 0.6) is 0 Å². The first-order valence-corrected chi connectivity index (χ1v) is 5.31. The minimum absolute atomic E-state index is 0.148. The van der Waals surface area contributed by atoms with Gasteiger partial charge in [-0.2, -0.15) is 0 Å². The molecule has 0 spiro atoms. The number of likely N-dealkylation sites (N-methyl/N-ethyl adjacent to an activating group) is 1. The Morgan fingerprint density at radius 1 is 1.71 bits per heavy atom. The van der Waals surface area contributed by atoms with E-state index in [0.29, 0.717) is 13.1 Å². The number of carbonyl (C=O) groups is 1. The number of aliphatic hydroxyl groups excluding tert-OH is 1. The van der Waals surface area contributed by atoms with Gasteiger partial charge in [-0.25, -0.2) is 0 Å². The molecule has 4 nitrogen and oxygen atoms in total. The highest BCUT2D eigenvalue weighted by Crippen LogP contribution is 2.19. The number of amides is 1. The van der Waals surface area contributed by atoms with E-state index in [1.807, 2.05) is 11.8 Å². The maximum absolute atomic E-state index is 11.6. The molecule has 1 fully saturated rings. The summed E-state index contributed by atoms with van der Waals surface area (Å²) in [6.07, 6.45) is 0.627. The molecule has 2 atom stereocenters. The van der Waals surface area contributed by atoms with E-state index < -0.39 is 0 Å². The van der Waals surface area contributed by atoms with Gasteiger partial charge in [0.05, 0.1) is 12.6 Å². The number of hydrogen-bond acceptors (Lipinski definition) is 3. The van der Waals surface area contributed by atoms with E-state index in [0.717, 1.165) is 19.5 Å². The zero-order valence-electron chi connectivity index (χ0n) is 8.99. The fraction of sp³-hybridized carbons (Fsp3) is 0.900. The van der Waals surface area contributed by atoms with Gasteiger partial charge in [0.15, 0.2) is 0 Å².